The second kappa shape index (κ2) is 7.41. The molecule has 2 saturated carbocycles. The fourth-order valence-corrected chi connectivity index (χ4v) is 3.47. The van der Waals surface area contributed by atoms with Gasteiger partial charge >= 0.3 is 0 Å². The highest BCUT2D eigenvalue weighted by Gasteiger charge is 2.30. The molecule has 0 N–H and O–H groups in total. The van der Waals surface area contributed by atoms with Gasteiger partial charge in [-0.2, -0.15) is 4.98 Å². The number of hydrogen-bond donors (Lipinski definition) is 0. The maximum absolute atomic E-state index is 12.4. The van der Waals surface area contributed by atoms with E-state index in [9.17, 15) is 4.79 Å². The van der Waals surface area contributed by atoms with Gasteiger partial charge in [-0.05, 0) is 51.1 Å². The van der Waals surface area contributed by atoms with Crippen LogP contribution < -0.4 is 0 Å². The Morgan fingerprint density at radius 2 is 1.92 bits per heavy atom. The lowest BCUT2D eigenvalue weighted by Crippen LogP contribution is -2.40. The van der Waals surface area contributed by atoms with Crippen LogP contribution in [0.25, 0.3) is 0 Å². The van der Waals surface area contributed by atoms with Gasteiger partial charge in [0.1, 0.15) is 0 Å². The first-order valence-electron chi connectivity index (χ1n) is 9.68. The molecule has 0 bridgehead atoms. The van der Waals surface area contributed by atoms with E-state index in [2.05, 4.69) is 19.9 Å². The van der Waals surface area contributed by atoms with E-state index in [0.29, 0.717) is 12.5 Å². The van der Waals surface area contributed by atoms with Gasteiger partial charge in [0, 0.05) is 32.6 Å². The van der Waals surface area contributed by atoms with E-state index in [4.69, 9.17) is 4.52 Å². The lowest BCUT2D eigenvalue weighted by Gasteiger charge is -2.24. The van der Waals surface area contributed by atoms with Crippen molar-refractivity contribution in [1.29, 1.82) is 0 Å². The van der Waals surface area contributed by atoms with Gasteiger partial charge in [0.05, 0.1) is 13.1 Å². The molecule has 1 aliphatic heterocycles. The lowest BCUT2D eigenvalue weighted by molar-refractivity contribution is -0.131. The fourth-order valence-electron chi connectivity index (χ4n) is 3.47. The minimum Gasteiger partial charge on any atom is -0.344 e. The standard InChI is InChI=1S/C18H29N5O2/c1-21(11-14-3-4-14)17(24)13-23-8-2-7-22(9-10-23)12-16-19-18(25-20-16)15-5-6-15/h14-15H,2-13H2,1H3. The normalized spacial score (nSPS) is 22.8. The topological polar surface area (TPSA) is 65.7 Å². The average Bonchev–Trinajstić information content (AvgIpc) is 3.50. The van der Waals surface area contributed by atoms with E-state index < -0.39 is 0 Å². The first-order chi connectivity index (χ1) is 12.2. The largest absolute Gasteiger partial charge is 0.344 e. The van der Waals surface area contributed by atoms with Gasteiger partial charge in [0.2, 0.25) is 11.8 Å². The van der Waals surface area contributed by atoms with Crippen LogP contribution in [0.15, 0.2) is 4.52 Å². The van der Waals surface area contributed by atoms with E-state index in [0.717, 1.165) is 63.3 Å². The molecule has 3 aliphatic rings. The molecule has 4 rings (SSSR count). The molecule has 1 aromatic heterocycles. The third-order valence-corrected chi connectivity index (χ3v) is 5.47. The molecular weight excluding hydrogens is 318 g/mol. The summed E-state index contributed by atoms with van der Waals surface area (Å²) in [5.41, 5.74) is 0. The smallest absolute Gasteiger partial charge is 0.236 e. The summed E-state index contributed by atoms with van der Waals surface area (Å²) < 4.78 is 5.35. The summed E-state index contributed by atoms with van der Waals surface area (Å²) in [6.07, 6.45) is 6.02. The van der Waals surface area contributed by atoms with E-state index in [-0.39, 0.29) is 5.91 Å². The number of carbonyl (C=O) groups excluding carboxylic acids is 1. The third-order valence-electron chi connectivity index (χ3n) is 5.47. The van der Waals surface area contributed by atoms with Gasteiger partial charge < -0.3 is 9.42 Å². The van der Waals surface area contributed by atoms with Gasteiger partial charge in [0.25, 0.3) is 0 Å². The summed E-state index contributed by atoms with van der Waals surface area (Å²) >= 11 is 0. The zero-order valence-electron chi connectivity index (χ0n) is 15.2. The van der Waals surface area contributed by atoms with Gasteiger partial charge in [-0.25, -0.2) is 0 Å². The van der Waals surface area contributed by atoms with Crippen LogP contribution in [0.4, 0.5) is 0 Å². The SMILES string of the molecule is CN(CC1CC1)C(=O)CN1CCCN(Cc2noc(C3CC3)n2)CC1. The molecule has 0 unspecified atom stereocenters. The zero-order valence-corrected chi connectivity index (χ0v) is 15.2. The first-order valence-corrected chi connectivity index (χ1v) is 9.68. The van der Waals surface area contributed by atoms with E-state index in [1.807, 2.05) is 11.9 Å². The average molecular weight is 347 g/mol. The molecule has 7 nitrogen and oxygen atoms in total. The molecule has 2 aliphatic carbocycles. The molecule has 25 heavy (non-hydrogen) atoms. The molecule has 138 valence electrons. The van der Waals surface area contributed by atoms with Gasteiger partial charge in [-0.15, -0.1) is 0 Å². The molecule has 1 amide bonds. The Kier molecular flexibility index (Phi) is 5.03. The van der Waals surface area contributed by atoms with Crippen molar-refractivity contribution in [3.63, 3.8) is 0 Å². The zero-order chi connectivity index (χ0) is 17.2. The third kappa shape index (κ3) is 4.79. The highest BCUT2D eigenvalue weighted by Crippen LogP contribution is 2.38. The van der Waals surface area contributed by atoms with Crippen molar-refractivity contribution in [2.24, 2.45) is 5.92 Å². The molecule has 0 aromatic carbocycles. The van der Waals surface area contributed by atoms with Crippen LogP contribution in [0, 0.1) is 5.92 Å². The number of hydrogen-bond acceptors (Lipinski definition) is 6. The minimum absolute atomic E-state index is 0.257. The molecule has 1 saturated heterocycles. The summed E-state index contributed by atoms with van der Waals surface area (Å²) in [5.74, 6) is 3.14. The maximum Gasteiger partial charge on any atom is 0.236 e. The maximum atomic E-state index is 12.4. The van der Waals surface area contributed by atoms with Crippen molar-refractivity contribution in [1.82, 2.24) is 24.8 Å². The molecule has 1 aromatic rings. The second-order valence-electron chi connectivity index (χ2n) is 7.95. The van der Waals surface area contributed by atoms with E-state index in [1.165, 1.54) is 25.7 Å². The van der Waals surface area contributed by atoms with Crippen molar-refractivity contribution in [3.8, 4) is 0 Å². The van der Waals surface area contributed by atoms with Gasteiger partial charge in [-0.1, -0.05) is 5.16 Å². The quantitative estimate of drug-likeness (QED) is 0.741. The van der Waals surface area contributed by atoms with Crippen molar-refractivity contribution < 1.29 is 9.32 Å². The van der Waals surface area contributed by atoms with Crippen LogP contribution in [-0.2, 0) is 11.3 Å². The monoisotopic (exact) mass is 347 g/mol. The number of rotatable bonds is 7. The van der Waals surface area contributed by atoms with Crippen LogP contribution in [0.3, 0.4) is 0 Å². The predicted octanol–water partition coefficient (Wildman–Crippen LogP) is 1.32. The van der Waals surface area contributed by atoms with E-state index >= 15 is 0 Å². The number of aromatic nitrogens is 2. The van der Waals surface area contributed by atoms with Crippen molar-refractivity contribution in [2.45, 2.75) is 44.6 Å². The van der Waals surface area contributed by atoms with E-state index in [1.54, 1.807) is 0 Å². The fraction of sp³-hybridized carbons (Fsp3) is 0.833. The summed E-state index contributed by atoms with van der Waals surface area (Å²) in [6.45, 7) is 6.11. The molecule has 0 atom stereocenters. The molecular formula is C18H29N5O2. The number of amides is 1. The number of likely N-dealkylation sites (N-methyl/N-ethyl adjacent to an activating group) is 1. The molecule has 0 spiro atoms. The summed E-state index contributed by atoms with van der Waals surface area (Å²) in [4.78, 5) is 23.5. The Morgan fingerprint density at radius 3 is 2.68 bits per heavy atom. The molecule has 0 radical (unpaired) electrons. The van der Waals surface area contributed by atoms with Crippen LogP contribution >= 0.6 is 0 Å². The summed E-state index contributed by atoms with van der Waals surface area (Å²) in [6, 6.07) is 0. The Bertz CT molecular complexity index is 596. The number of nitrogens with zero attached hydrogens (tertiary/aromatic N) is 5. The molecule has 3 fully saturated rings. The molecule has 7 heteroatoms. The highest BCUT2D eigenvalue weighted by molar-refractivity contribution is 5.78. The van der Waals surface area contributed by atoms with Crippen molar-refractivity contribution in [2.75, 3.05) is 46.3 Å². The number of carbonyl (C=O) groups is 1. The molecule has 2 heterocycles. The van der Waals surface area contributed by atoms with Gasteiger partial charge in [0.15, 0.2) is 5.82 Å². The van der Waals surface area contributed by atoms with Crippen molar-refractivity contribution in [3.05, 3.63) is 11.7 Å². The summed E-state index contributed by atoms with van der Waals surface area (Å²) in [7, 11) is 1.94. The Hall–Kier alpha value is -1.47. The van der Waals surface area contributed by atoms with Crippen LogP contribution in [0.5, 0.6) is 0 Å². The van der Waals surface area contributed by atoms with Gasteiger partial charge in [-0.3, -0.25) is 14.6 Å². The predicted molar refractivity (Wildman–Crippen MR) is 93.0 cm³/mol. The second-order valence-corrected chi connectivity index (χ2v) is 7.95. The van der Waals surface area contributed by atoms with Crippen LogP contribution in [0.2, 0.25) is 0 Å². The lowest BCUT2D eigenvalue weighted by atomic mass is 10.3. The minimum atomic E-state index is 0.257. The Balaban J connectivity index is 1.22. The van der Waals surface area contributed by atoms with Crippen molar-refractivity contribution >= 4 is 5.91 Å². The van der Waals surface area contributed by atoms with Crippen LogP contribution in [0.1, 0.15) is 49.7 Å². The Labute approximate surface area is 149 Å². The van der Waals surface area contributed by atoms with Crippen LogP contribution in [-0.4, -0.2) is 77.1 Å². The first kappa shape index (κ1) is 17.0. The highest BCUT2D eigenvalue weighted by atomic mass is 16.5. The Morgan fingerprint density at radius 1 is 1.16 bits per heavy atom. The summed E-state index contributed by atoms with van der Waals surface area (Å²) in [5, 5.41) is 4.12.